The molecule has 0 spiro atoms. The molecule has 0 bridgehead atoms. The molecule has 0 saturated heterocycles. The molecule has 2 fully saturated rings. The van der Waals surface area contributed by atoms with Crippen molar-refractivity contribution in [3.63, 3.8) is 0 Å². The van der Waals surface area contributed by atoms with Gasteiger partial charge < -0.3 is 10.1 Å². The van der Waals surface area contributed by atoms with Gasteiger partial charge in [-0.1, -0.05) is 32.1 Å². The zero-order valence-corrected chi connectivity index (χ0v) is 11.4. The van der Waals surface area contributed by atoms with Gasteiger partial charge >= 0.3 is 0 Å². The van der Waals surface area contributed by atoms with Crippen molar-refractivity contribution in [3.8, 4) is 0 Å². The van der Waals surface area contributed by atoms with Crippen molar-refractivity contribution in [2.45, 2.75) is 88.8 Å². The molecule has 2 rings (SSSR count). The van der Waals surface area contributed by atoms with E-state index in [-0.39, 0.29) is 0 Å². The van der Waals surface area contributed by atoms with Gasteiger partial charge in [0.15, 0.2) is 0 Å². The first-order valence-electron chi connectivity index (χ1n) is 7.67. The zero-order chi connectivity index (χ0) is 11.9. The Morgan fingerprint density at radius 1 is 0.765 bits per heavy atom. The highest BCUT2D eigenvalue weighted by Gasteiger charge is 2.23. The van der Waals surface area contributed by atoms with Crippen LogP contribution in [0.25, 0.3) is 0 Å². The van der Waals surface area contributed by atoms with Gasteiger partial charge in [0.25, 0.3) is 0 Å². The Morgan fingerprint density at radius 3 is 2.12 bits per heavy atom. The van der Waals surface area contributed by atoms with Crippen LogP contribution in [0.4, 0.5) is 0 Å². The van der Waals surface area contributed by atoms with Gasteiger partial charge in [0.05, 0.1) is 6.10 Å². The second kappa shape index (κ2) is 7.38. The molecule has 2 heteroatoms. The van der Waals surface area contributed by atoms with Gasteiger partial charge in [-0.15, -0.1) is 0 Å². The number of hydrogen-bond acceptors (Lipinski definition) is 2. The van der Waals surface area contributed by atoms with Crippen LogP contribution in [0, 0.1) is 0 Å². The molecule has 100 valence electrons. The van der Waals surface area contributed by atoms with Gasteiger partial charge in [-0.25, -0.2) is 0 Å². The van der Waals surface area contributed by atoms with Crippen LogP contribution in [-0.4, -0.2) is 25.3 Å². The lowest BCUT2D eigenvalue weighted by Crippen LogP contribution is -2.42. The van der Waals surface area contributed by atoms with E-state index < -0.39 is 0 Å². The van der Waals surface area contributed by atoms with E-state index in [1.807, 2.05) is 7.11 Å². The fourth-order valence-electron chi connectivity index (χ4n) is 3.47. The maximum atomic E-state index is 5.52. The topological polar surface area (TPSA) is 21.3 Å². The van der Waals surface area contributed by atoms with Crippen LogP contribution in [0.3, 0.4) is 0 Å². The number of rotatable bonds is 3. The fourth-order valence-corrected chi connectivity index (χ4v) is 3.47. The molecule has 0 amide bonds. The van der Waals surface area contributed by atoms with Crippen molar-refractivity contribution < 1.29 is 4.74 Å². The van der Waals surface area contributed by atoms with Gasteiger partial charge in [0, 0.05) is 19.2 Å². The summed E-state index contributed by atoms with van der Waals surface area (Å²) in [5.74, 6) is 0. The van der Waals surface area contributed by atoms with Crippen molar-refractivity contribution in [3.05, 3.63) is 0 Å². The third-order valence-electron chi connectivity index (χ3n) is 4.54. The molecule has 2 unspecified atom stereocenters. The molecule has 2 aliphatic rings. The standard InChI is InChI=1S/C15H29NO/c1-17-15-11-7-10-14(12-15)16-13-8-5-3-2-4-6-9-13/h13-16H,2-12H2,1H3. The van der Waals surface area contributed by atoms with Crippen LogP contribution in [-0.2, 0) is 4.74 Å². The molecule has 2 aliphatic carbocycles. The predicted octanol–water partition coefficient (Wildman–Crippen LogP) is 3.65. The summed E-state index contributed by atoms with van der Waals surface area (Å²) >= 11 is 0. The largest absolute Gasteiger partial charge is 0.381 e. The summed E-state index contributed by atoms with van der Waals surface area (Å²) in [6, 6.07) is 1.51. The highest BCUT2D eigenvalue weighted by molar-refractivity contribution is 4.82. The Hall–Kier alpha value is -0.0800. The first kappa shape index (κ1) is 13.4. The number of nitrogens with one attached hydrogen (secondary N) is 1. The van der Waals surface area contributed by atoms with E-state index in [0.29, 0.717) is 6.10 Å². The highest BCUT2D eigenvalue weighted by atomic mass is 16.5. The van der Waals surface area contributed by atoms with Crippen LogP contribution in [0.2, 0.25) is 0 Å². The summed E-state index contributed by atoms with van der Waals surface area (Å²) in [6.07, 6.45) is 15.7. The zero-order valence-electron chi connectivity index (χ0n) is 11.4. The third-order valence-corrected chi connectivity index (χ3v) is 4.54. The Kier molecular flexibility index (Phi) is 5.79. The summed E-state index contributed by atoms with van der Waals surface area (Å²) in [6.45, 7) is 0. The first-order valence-corrected chi connectivity index (χ1v) is 7.67. The summed E-state index contributed by atoms with van der Waals surface area (Å²) in [5.41, 5.74) is 0. The van der Waals surface area contributed by atoms with Crippen LogP contribution >= 0.6 is 0 Å². The summed E-state index contributed by atoms with van der Waals surface area (Å²) in [7, 11) is 1.86. The minimum absolute atomic E-state index is 0.509. The number of ether oxygens (including phenoxy) is 1. The Balaban J connectivity index is 1.74. The lowest BCUT2D eigenvalue weighted by atomic mass is 9.90. The Bertz CT molecular complexity index is 199. The van der Waals surface area contributed by atoms with Crippen LogP contribution in [0.1, 0.15) is 70.6 Å². The van der Waals surface area contributed by atoms with Crippen LogP contribution in [0.15, 0.2) is 0 Å². The average Bonchev–Trinajstić information content (AvgIpc) is 2.33. The van der Waals surface area contributed by atoms with Crippen molar-refractivity contribution in [2.24, 2.45) is 0 Å². The van der Waals surface area contributed by atoms with Gasteiger partial charge in [-0.2, -0.15) is 0 Å². The number of hydrogen-bond donors (Lipinski definition) is 1. The highest BCUT2D eigenvalue weighted by Crippen LogP contribution is 2.23. The van der Waals surface area contributed by atoms with Crippen molar-refractivity contribution in [2.75, 3.05) is 7.11 Å². The van der Waals surface area contributed by atoms with E-state index in [1.54, 1.807) is 0 Å². The molecule has 0 aromatic carbocycles. The smallest absolute Gasteiger partial charge is 0.0586 e. The lowest BCUT2D eigenvalue weighted by Gasteiger charge is -2.33. The van der Waals surface area contributed by atoms with Crippen LogP contribution in [0.5, 0.6) is 0 Å². The van der Waals surface area contributed by atoms with Gasteiger partial charge in [-0.05, 0) is 38.5 Å². The Labute approximate surface area is 107 Å². The second-order valence-electron chi connectivity index (χ2n) is 5.93. The molecule has 2 nitrogen and oxygen atoms in total. The molecule has 0 aromatic heterocycles. The fraction of sp³-hybridized carbons (Fsp3) is 1.00. The molecule has 17 heavy (non-hydrogen) atoms. The number of methoxy groups -OCH3 is 1. The summed E-state index contributed by atoms with van der Waals surface area (Å²) < 4.78 is 5.52. The van der Waals surface area contributed by atoms with Crippen molar-refractivity contribution in [1.82, 2.24) is 5.32 Å². The maximum Gasteiger partial charge on any atom is 0.0586 e. The van der Waals surface area contributed by atoms with Gasteiger partial charge in [0.1, 0.15) is 0 Å². The minimum atomic E-state index is 0.509. The van der Waals surface area contributed by atoms with Gasteiger partial charge in [-0.3, -0.25) is 0 Å². The summed E-state index contributed by atoms with van der Waals surface area (Å²) in [4.78, 5) is 0. The van der Waals surface area contributed by atoms with Gasteiger partial charge in [0.2, 0.25) is 0 Å². The minimum Gasteiger partial charge on any atom is -0.381 e. The monoisotopic (exact) mass is 239 g/mol. The SMILES string of the molecule is COC1CCCC(NC2CCCCCCC2)C1. The van der Waals surface area contributed by atoms with E-state index in [2.05, 4.69) is 5.32 Å². The maximum absolute atomic E-state index is 5.52. The molecule has 0 heterocycles. The van der Waals surface area contributed by atoms with Crippen molar-refractivity contribution in [1.29, 1.82) is 0 Å². The molecule has 2 saturated carbocycles. The van der Waals surface area contributed by atoms with E-state index in [1.165, 1.54) is 70.6 Å². The molecule has 2 atom stereocenters. The van der Waals surface area contributed by atoms with Crippen LogP contribution < -0.4 is 5.32 Å². The average molecular weight is 239 g/mol. The van der Waals surface area contributed by atoms with E-state index in [4.69, 9.17) is 4.74 Å². The van der Waals surface area contributed by atoms with E-state index in [0.717, 1.165) is 12.1 Å². The molecular formula is C15H29NO. The second-order valence-corrected chi connectivity index (χ2v) is 5.93. The predicted molar refractivity (Wildman–Crippen MR) is 72.3 cm³/mol. The Morgan fingerprint density at radius 2 is 1.41 bits per heavy atom. The lowest BCUT2D eigenvalue weighted by molar-refractivity contribution is 0.0562. The third kappa shape index (κ3) is 4.59. The molecular weight excluding hydrogens is 210 g/mol. The molecule has 0 radical (unpaired) electrons. The molecule has 1 N–H and O–H groups in total. The summed E-state index contributed by atoms with van der Waals surface area (Å²) in [5, 5.41) is 3.91. The quantitative estimate of drug-likeness (QED) is 0.811. The van der Waals surface area contributed by atoms with Crippen molar-refractivity contribution >= 4 is 0 Å². The molecule has 0 aliphatic heterocycles. The van der Waals surface area contributed by atoms with E-state index >= 15 is 0 Å². The molecule has 0 aromatic rings. The van der Waals surface area contributed by atoms with E-state index in [9.17, 15) is 0 Å². The first-order chi connectivity index (χ1) is 8.38. The normalized spacial score (nSPS) is 33.0.